The van der Waals surface area contributed by atoms with Gasteiger partial charge < -0.3 is 25.2 Å². The Bertz CT molecular complexity index is 491. The second kappa shape index (κ2) is 9.11. The highest BCUT2D eigenvalue weighted by Gasteiger charge is 2.22. The largest absolute Gasteiger partial charge is 0.497 e. The number of rotatable bonds is 8. The van der Waals surface area contributed by atoms with E-state index in [-0.39, 0.29) is 6.42 Å². The third-order valence-corrected chi connectivity index (χ3v) is 2.87. The minimum absolute atomic E-state index is 0.0826. The van der Waals surface area contributed by atoms with Crippen LogP contribution in [0.3, 0.4) is 0 Å². The van der Waals surface area contributed by atoms with Crippen LogP contribution in [0.2, 0.25) is 0 Å². The Balaban J connectivity index is 2.43. The molecule has 5 N–H and O–H groups in total. The number of methoxy groups -OCH3 is 1. The zero-order valence-corrected chi connectivity index (χ0v) is 12.1. The maximum Gasteiger partial charge on any atom is 0.244 e. The first-order valence-electron chi connectivity index (χ1n) is 6.58. The van der Waals surface area contributed by atoms with Gasteiger partial charge in [-0.1, -0.05) is 12.1 Å². The van der Waals surface area contributed by atoms with E-state index >= 15 is 0 Å². The van der Waals surface area contributed by atoms with Gasteiger partial charge in [-0.15, -0.1) is 0 Å². The van der Waals surface area contributed by atoms with Crippen LogP contribution in [0.1, 0.15) is 5.56 Å². The average Bonchev–Trinajstić information content (AvgIpc) is 2.53. The van der Waals surface area contributed by atoms with Crippen molar-refractivity contribution < 1.29 is 30.0 Å². The fourth-order valence-electron chi connectivity index (χ4n) is 1.58. The Morgan fingerprint density at radius 3 is 2.50 bits per heavy atom. The first kappa shape index (κ1) is 18.1. The molecule has 0 saturated heterocycles. The number of ether oxygens (including phenoxy) is 1. The van der Waals surface area contributed by atoms with E-state index in [2.05, 4.69) is 10.5 Å². The molecule has 0 spiro atoms. The molecule has 3 unspecified atom stereocenters. The minimum Gasteiger partial charge on any atom is -0.497 e. The van der Waals surface area contributed by atoms with Crippen LogP contribution in [0.4, 0.5) is 0 Å². The highest BCUT2D eigenvalue weighted by atomic mass is 16.5. The summed E-state index contributed by atoms with van der Waals surface area (Å²) in [5.41, 5.74) is 2.94. The molecule has 1 aromatic rings. The number of carbonyl (C=O) groups is 1. The number of carbonyl (C=O) groups excluding carboxylic acids is 1. The van der Waals surface area contributed by atoms with Crippen LogP contribution >= 0.6 is 0 Å². The van der Waals surface area contributed by atoms with Gasteiger partial charge in [0.25, 0.3) is 0 Å². The van der Waals surface area contributed by atoms with Crippen molar-refractivity contribution in [3.8, 4) is 5.75 Å². The molecule has 0 radical (unpaired) electrons. The van der Waals surface area contributed by atoms with E-state index in [1.54, 1.807) is 31.4 Å². The Labute approximate surface area is 127 Å². The molecule has 0 fully saturated rings. The number of hydrogen-bond acceptors (Lipinski definition) is 7. The van der Waals surface area contributed by atoms with E-state index in [0.29, 0.717) is 5.75 Å². The molecule has 0 aliphatic rings. The van der Waals surface area contributed by atoms with E-state index in [4.69, 9.17) is 14.9 Å². The van der Waals surface area contributed by atoms with E-state index in [1.165, 1.54) is 0 Å². The van der Waals surface area contributed by atoms with Crippen molar-refractivity contribution in [2.24, 2.45) is 5.10 Å². The second-order valence-electron chi connectivity index (χ2n) is 4.57. The van der Waals surface area contributed by atoms with Gasteiger partial charge in [-0.2, -0.15) is 5.10 Å². The van der Waals surface area contributed by atoms with Crippen LogP contribution in [0, 0.1) is 0 Å². The van der Waals surface area contributed by atoms with Gasteiger partial charge in [0, 0.05) is 0 Å². The monoisotopic (exact) mass is 312 g/mol. The van der Waals surface area contributed by atoms with Crippen molar-refractivity contribution in [2.75, 3.05) is 13.7 Å². The van der Waals surface area contributed by atoms with Crippen molar-refractivity contribution in [2.45, 2.75) is 24.7 Å². The summed E-state index contributed by atoms with van der Waals surface area (Å²) in [5.74, 6) is 0.271. The summed E-state index contributed by atoms with van der Waals surface area (Å²) in [5, 5.41) is 40.0. The maximum atomic E-state index is 11.6. The lowest BCUT2D eigenvalue weighted by molar-refractivity contribution is -0.120. The molecular formula is C14H20N2O6. The molecule has 0 bridgehead atoms. The van der Waals surface area contributed by atoms with Crippen molar-refractivity contribution in [3.63, 3.8) is 0 Å². The SMILES string of the molecule is COc1ccc(CC(=O)NN=CC(O)C(O)C(O)CO)cc1. The molecule has 0 saturated carbocycles. The predicted molar refractivity (Wildman–Crippen MR) is 78.4 cm³/mol. The number of hydrazone groups is 1. The zero-order valence-electron chi connectivity index (χ0n) is 12.1. The molecule has 0 aliphatic carbocycles. The number of amides is 1. The number of benzene rings is 1. The second-order valence-corrected chi connectivity index (χ2v) is 4.57. The number of nitrogens with one attached hydrogen (secondary N) is 1. The number of aliphatic hydroxyl groups excluding tert-OH is 4. The molecule has 122 valence electrons. The van der Waals surface area contributed by atoms with Gasteiger partial charge >= 0.3 is 0 Å². The Hall–Kier alpha value is -2.00. The van der Waals surface area contributed by atoms with Crippen molar-refractivity contribution in [1.82, 2.24) is 5.43 Å². The predicted octanol–water partition coefficient (Wildman–Crippen LogP) is -1.59. The Morgan fingerprint density at radius 2 is 1.95 bits per heavy atom. The summed E-state index contributed by atoms with van der Waals surface area (Å²) in [7, 11) is 1.55. The van der Waals surface area contributed by atoms with Gasteiger partial charge in [-0.3, -0.25) is 4.79 Å². The molecule has 3 atom stereocenters. The molecule has 1 aromatic carbocycles. The van der Waals surface area contributed by atoms with Crippen molar-refractivity contribution >= 4 is 12.1 Å². The summed E-state index contributed by atoms with van der Waals surface area (Å²) < 4.78 is 5.00. The number of nitrogens with zero attached hydrogens (tertiary/aromatic N) is 1. The van der Waals surface area contributed by atoms with Gasteiger partial charge in [0.1, 0.15) is 24.1 Å². The minimum atomic E-state index is -1.59. The van der Waals surface area contributed by atoms with Crippen LogP contribution in [-0.2, 0) is 11.2 Å². The molecule has 0 aliphatic heterocycles. The topological polar surface area (TPSA) is 132 Å². The molecule has 22 heavy (non-hydrogen) atoms. The molecular weight excluding hydrogens is 292 g/mol. The standard InChI is InChI=1S/C14H20N2O6/c1-22-10-4-2-9(3-5-10)6-13(20)16-15-7-11(18)14(21)12(19)8-17/h2-5,7,11-12,14,17-19,21H,6,8H2,1H3,(H,16,20). The zero-order chi connectivity index (χ0) is 16.5. The smallest absolute Gasteiger partial charge is 0.244 e. The van der Waals surface area contributed by atoms with Crippen LogP contribution < -0.4 is 10.2 Å². The third-order valence-electron chi connectivity index (χ3n) is 2.87. The van der Waals surface area contributed by atoms with Crippen LogP contribution in [0.25, 0.3) is 0 Å². The highest BCUT2D eigenvalue weighted by Crippen LogP contribution is 2.11. The van der Waals surface area contributed by atoms with E-state index in [1.807, 2.05) is 0 Å². The van der Waals surface area contributed by atoms with Gasteiger partial charge in [0.2, 0.25) is 5.91 Å². The molecule has 1 amide bonds. The normalized spacial score (nSPS) is 15.3. The van der Waals surface area contributed by atoms with Crippen molar-refractivity contribution in [3.05, 3.63) is 29.8 Å². The van der Waals surface area contributed by atoms with E-state index in [0.717, 1.165) is 11.8 Å². The number of hydrogen-bond donors (Lipinski definition) is 5. The van der Waals surface area contributed by atoms with Gasteiger partial charge in [0.15, 0.2) is 0 Å². The summed E-state index contributed by atoms with van der Waals surface area (Å²) in [6.45, 7) is -0.699. The van der Waals surface area contributed by atoms with Gasteiger partial charge in [0.05, 0.1) is 26.4 Å². The Kier molecular flexibility index (Phi) is 7.47. The average molecular weight is 312 g/mol. The van der Waals surface area contributed by atoms with Crippen molar-refractivity contribution in [1.29, 1.82) is 0 Å². The summed E-state index contributed by atoms with van der Waals surface area (Å²) in [6.07, 6.45) is -3.64. The van der Waals surface area contributed by atoms with E-state index in [9.17, 15) is 15.0 Å². The van der Waals surface area contributed by atoms with Crippen LogP contribution in [0.15, 0.2) is 29.4 Å². The van der Waals surface area contributed by atoms with Gasteiger partial charge in [-0.05, 0) is 17.7 Å². The number of aliphatic hydroxyl groups is 4. The van der Waals surface area contributed by atoms with Gasteiger partial charge in [-0.25, -0.2) is 5.43 Å². The quantitative estimate of drug-likeness (QED) is 0.291. The first-order valence-corrected chi connectivity index (χ1v) is 6.58. The molecule has 0 aromatic heterocycles. The third kappa shape index (κ3) is 5.78. The lowest BCUT2D eigenvalue weighted by Crippen LogP contribution is -2.40. The fourth-order valence-corrected chi connectivity index (χ4v) is 1.58. The summed E-state index contributed by atoms with van der Waals surface area (Å²) in [4.78, 5) is 11.6. The molecule has 1 rings (SSSR count). The Morgan fingerprint density at radius 1 is 1.32 bits per heavy atom. The fraction of sp³-hybridized carbons (Fsp3) is 0.429. The summed E-state index contributed by atoms with van der Waals surface area (Å²) in [6, 6.07) is 6.92. The lowest BCUT2D eigenvalue weighted by atomic mass is 10.1. The highest BCUT2D eigenvalue weighted by molar-refractivity contribution is 5.79. The van der Waals surface area contributed by atoms with E-state index < -0.39 is 30.8 Å². The molecule has 8 heteroatoms. The summed E-state index contributed by atoms with van der Waals surface area (Å²) >= 11 is 0. The molecule has 8 nitrogen and oxygen atoms in total. The maximum absolute atomic E-state index is 11.6. The lowest BCUT2D eigenvalue weighted by Gasteiger charge is -2.17. The van der Waals surface area contributed by atoms with Crippen LogP contribution in [-0.4, -0.2) is 64.6 Å². The molecule has 0 heterocycles. The van der Waals surface area contributed by atoms with Crippen LogP contribution in [0.5, 0.6) is 5.75 Å². The first-order chi connectivity index (χ1) is 10.5.